The van der Waals surface area contributed by atoms with Gasteiger partial charge in [-0.3, -0.25) is 4.79 Å². The molecule has 0 aliphatic carbocycles. The highest BCUT2D eigenvalue weighted by Crippen LogP contribution is 2.28. The molecular weight excluding hydrogens is 376 g/mol. The second-order valence-electron chi connectivity index (χ2n) is 8.29. The molecule has 0 radical (unpaired) electrons. The van der Waals surface area contributed by atoms with Crippen LogP contribution in [0.25, 0.3) is 0 Å². The SMILES string of the molecule is CC1=COc2cc(C)ccc2C(=O)N1CCCCN1CCCC(c2ncccn2)C1. The van der Waals surface area contributed by atoms with Crippen molar-refractivity contribution < 1.29 is 9.53 Å². The molecule has 2 aliphatic rings. The summed E-state index contributed by atoms with van der Waals surface area (Å²) in [5.41, 5.74) is 2.57. The van der Waals surface area contributed by atoms with Crippen molar-refractivity contribution in [3.63, 3.8) is 0 Å². The molecular formula is C24H30N4O2. The summed E-state index contributed by atoms with van der Waals surface area (Å²) in [4.78, 5) is 26.3. The summed E-state index contributed by atoms with van der Waals surface area (Å²) < 4.78 is 5.75. The van der Waals surface area contributed by atoms with E-state index < -0.39 is 0 Å². The van der Waals surface area contributed by atoms with Crippen LogP contribution in [-0.2, 0) is 0 Å². The van der Waals surface area contributed by atoms with Crippen LogP contribution in [0.4, 0.5) is 0 Å². The van der Waals surface area contributed by atoms with Gasteiger partial charge in [0, 0.05) is 31.4 Å². The van der Waals surface area contributed by atoms with Gasteiger partial charge in [0.25, 0.3) is 5.91 Å². The van der Waals surface area contributed by atoms with Crippen molar-refractivity contribution in [2.45, 2.75) is 45.4 Å². The van der Waals surface area contributed by atoms with Gasteiger partial charge in [0.2, 0.25) is 0 Å². The smallest absolute Gasteiger partial charge is 0.261 e. The fourth-order valence-corrected chi connectivity index (χ4v) is 4.30. The Bertz CT molecular complexity index is 913. The van der Waals surface area contributed by atoms with Gasteiger partial charge in [-0.05, 0) is 76.4 Å². The number of aryl methyl sites for hydroxylation is 1. The largest absolute Gasteiger partial charge is 0.462 e. The van der Waals surface area contributed by atoms with E-state index in [-0.39, 0.29) is 5.91 Å². The monoisotopic (exact) mass is 406 g/mol. The third kappa shape index (κ3) is 4.70. The Morgan fingerprint density at radius 2 is 1.93 bits per heavy atom. The molecule has 0 spiro atoms. The maximum Gasteiger partial charge on any atom is 0.261 e. The van der Waals surface area contributed by atoms with Crippen LogP contribution in [-0.4, -0.2) is 51.9 Å². The molecule has 1 saturated heterocycles. The molecule has 1 amide bonds. The number of rotatable bonds is 6. The molecule has 6 heteroatoms. The quantitative estimate of drug-likeness (QED) is 0.675. The van der Waals surface area contributed by atoms with E-state index in [9.17, 15) is 4.79 Å². The van der Waals surface area contributed by atoms with Crippen LogP contribution < -0.4 is 4.74 Å². The number of fused-ring (bicyclic) bond motifs is 1. The highest BCUT2D eigenvalue weighted by atomic mass is 16.5. The Kier molecular flexibility index (Phi) is 6.43. The Labute approximate surface area is 178 Å². The second-order valence-corrected chi connectivity index (χ2v) is 8.29. The summed E-state index contributed by atoms with van der Waals surface area (Å²) in [5, 5.41) is 0. The summed E-state index contributed by atoms with van der Waals surface area (Å²) in [7, 11) is 0. The van der Waals surface area contributed by atoms with Crippen molar-refractivity contribution in [2.75, 3.05) is 26.2 Å². The molecule has 2 aliphatic heterocycles. The van der Waals surface area contributed by atoms with Gasteiger partial charge in [0.1, 0.15) is 17.8 Å². The molecule has 4 rings (SSSR count). The first-order chi connectivity index (χ1) is 14.6. The number of hydrogen-bond acceptors (Lipinski definition) is 5. The van der Waals surface area contributed by atoms with Gasteiger partial charge in [-0.1, -0.05) is 6.07 Å². The first-order valence-corrected chi connectivity index (χ1v) is 10.9. The fourth-order valence-electron chi connectivity index (χ4n) is 4.30. The van der Waals surface area contributed by atoms with Crippen LogP contribution >= 0.6 is 0 Å². The van der Waals surface area contributed by atoms with Crippen LogP contribution in [0.1, 0.15) is 60.3 Å². The minimum atomic E-state index is 0.0236. The summed E-state index contributed by atoms with van der Waals surface area (Å²) in [6.45, 7) is 7.84. The number of ether oxygens (including phenoxy) is 1. The van der Waals surface area contributed by atoms with Crippen molar-refractivity contribution in [3.8, 4) is 5.75 Å². The van der Waals surface area contributed by atoms with Crippen LogP contribution in [0.3, 0.4) is 0 Å². The van der Waals surface area contributed by atoms with Crippen molar-refractivity contribution in [1.82, 2.24) is 19.8 Å². The predicted octanol–water partition coefficient (Wildman–Crippen LogP) is 4.14. The van der Waals surface area contributed by atoms with Crippen LogP contribution in [0, 0.1) is 6.92 Å². The first-order valence-electron chi connectivity index (χ1n) is 10.9. The van der Waals surface area contributed by atoms with E-state index in [4.69, 9.17) is 4.74 Å². The van der Waals surface area contributed by atoms with Crippen molar-refractivity contribution in [1.29, 1.82) is 0 Å². The molecule has 3 heterocycles. The normalized spacial score (nSPS) is 19.7. The lowest BCUT2D eigenvalue weighted by atomic mass is 9.97. The van der Waals surface area contributed by atoms with Gasteiger partial charge in [-0.15, -0.1) is 0 Å². The minimum absolute atomic E-state index is 0.0236. The number of nitrogens with zero attached hydrogens (tertiary/aromatic N) is 4. The molecule has 1 unspecified atom stereocenters. The van der Waals surface area contributed by atoms with E-state index in [1.54, 1.807) is 6.26 Å². The molecule has 0 N–H and O–H groups in total. The highest BCUT2D eigenvalue weighted by molar-refractivity contribution is 5.98. The molecule has 1 atom stereocenters. The number of hydrogen-bond donors (Lipinski definition) is 0. The van der Waals surface area contributed by atoms with Gasteiger partial charge < -0.3 is 14.5 Å². The van der Waals surface area contributed by atoms with Crippen molar-refractivity contribution >= 4 is 5.91 Å². The summed E-state index contributed by atoms with van der Waals surface area (Å²) in [5.74, 6) is 2.06. The zero-order valence-electron chi connectivity index (χ0n) is 17.9. The maximum absolute atomic E-state index is 13.0. The van der Waals surface area contributed by atoms with Gasteiger partial charge in [0.15, 0.2) is 0 Å². The van der Waals surface area contributed by atoms with E-state index in [0.717, 1.165) is 56.0 Å². The Balaban J connectivity index is 1.29. The predicted molar refractivity (Wildman–Crippen MR) is 116 cm³/mol. The lowest BCUT2D eigenvalue weighted by molar-refractivity contribution is 0.0804. The lowest BCUT2D eigenvalue weighted by Gasteiger charge is -2.32. The molecule has 0 bridgehead atoms. The minimum Gasteiger partial charge on any atom is -0.462 e. The Morgan fingerprint density at radius 3 is 2.77 bits per heavy atom. The number of piperidine rings is 1. The van der Waals surface area contributed by atoms with E-state index in [2.05, 4.69) is 14.9 Å². The second kappa shape index (κ2) is 9.39. The lowest BCUT2D eigenvalue weighted by Crippen LogP contribution is -2.36. The van der Waals surface area contributed by atoms with Crippen LogP contribution in [0.2, 0.25) is 0 Å². The molecule has 2 aromatic rings. The van der Waals surface area contributed by atoms with Crippen molar-refractivity contribution in [3.05, 3.63) is 65.6 Å². The van der Waals surface area contributed by atoms with E-state index >= 15 is 0 Å². The fraction of sp³-hybridized carbons (Fsp3) is 0.458. The van der Waals surface area contributed by atoms with Gasteiger partial charge in [0.05, 0.1) is 11.3 Å². The molecule has 1 aromatic carbocycles. The number of amides is 1. The number of benzene rings is 1. The summed E-state index contributed by atoms with van der Waals surface area (Å²) >= 11 is 0. The number of carbonyl (C=O) groups excluding carboxylic acids is 1. The van der Waals surface area contributed by atoms with Gasteiger partial charge in [-0.2, -0.15) is 0 Å². The molecule has 158 valence electrons. The molecule has 1 aromatic heterocycles. The summed E-state index contributed by atoms with van der Waals surface area (Å²) in [6.07, 6.45) is 9.71. The third-order valence-electron chi connectivity index (χ3n) is 5.96. The molecule has 1 fully saturated rings. The number of likely N-dealkylation sites (tertiary alicyclic amines) is 1. The van der Waals surface area contributed by atoms with Crippen molar-refractivity contribution in [2.24, 2.45) is 0 Å². The van der Waals surface area contributed by atoms with E-state index in [0.29, 0.717) is 23.8 Å². The highest BCUT2D eigenvalue weighted by Gasteiger charge is 2.25. The number of carbonyl (C=O) groups is 1. The van der Waals surface area contributed by atoms with E-state index in [1.807, 2.05) is 55.4 Å². The Hall–Kier alpha value is -2.73. The zero-order chi connectivity index (χ0) is 20.9. The number of aromatic nitrogens is 2. The average Bonchev–Trinajstić information content (AvgIpc) is 2.88. The summed E-state index contributed by atoms with van der Waals surface area (Å²) in [6, 6.07) is 7.62. The molecule has 0 saturated carbocycles. The topological polar surface area (TPSA) is 58.6 Å². The maximum atomic E-state index is 13.0. The average molecular weight is 407 g/mol. The zero-order valence-corrected chi connectivity index (χ0v) is 17.9. The standard InChI is InChI=1S/C24H30N4O2/c1-18-8-9-21-22(15-18)30-17-19(2)28(24(21)29)14-4-3-12-27-13-5-7-20(16-27)23-25-10-6-11-26-23/h6,8-11,15,17,20H,3-5,7,12-14,16H2,1-2H3. The molecule has 30 heavy (non-hydrogen) atoms. The number of allylic oxidation sites excluding steroid dienone is 1. The van der Waals surface area contributed by atoms with Gasteiger partial charge in [-0.25, -0.2) is 9.97 Å². The third-order valence-corrected chi connectivity index (χ3v) is 5.96. The van der Waals surface area contributed by atoms with E-state index in [1.165, 1.54) is 6.42 Å². The van der Waals surface area contributed by atoms with Gasteiger partial charge >= 0.3 is 0 Å². The Morgan fingerprint density at radius 1 is 1.13 bits per heavy atom. The van der Waals surface area contributed by atoms with Crippen LogP contribution in [0.5, 0.6) is 5.75 Å². The number of unbranched alkanes of at least 4 members (excludes halogenated alkanes) is 1. The van der Waals surface area contributed by atoms with Crippen LogP contribution in [0.15, 0.2) is 48.6 Å². The molecule has 6 nitrogen and oxygen atoms in total. The first kappa shape index (κ1) is 20.5.